The predicted octanol–water partition coefficient (Wildman–Crippen LogP) is 3.15. The van der Waals surface area contributed by atoms with E-state index in [0.29, 0.717) is 28.6 Å². The molecule has 2 rings (SSSR count). The van der Waals surface area contributed by atoms with Gasteiger partial charge in [0, 0.05) is 16.6 Å². The Morgan fingerprint density at radius 1 is 1.29 bits per heavy atom. The zero-order valence-electron chi connectivity index (χ0n) is 11.4. The number of carboxylic acids is 1. The first-order valence-electron chi connectivity index (χ1n) is 6.91. The van der Waals surface area contributed by atoms with Gasteiger partial charge in [0.2, 0.25) is 5.91 Å². The Hall–Kier alpha value is -1.26. The van der Waals surface area contributed by atoms with Crippen LogP contribution in [0.5, 0.6) is 0 Å². The topological polar surface area (TPSA) is 66.4 Å². The molecule has 1 aromatic carbocycles. The quantitative estimate of drug-likeness (QED) is 0.871. The predicted molar refractivity (Wildman–Crippen MR) is 81.6 cm³/mol. The number of carbonyl (C=O) groups excluding carboxylic acids is 1. The van der Waals surface area contributed by atoms with Gasteiger partial charge in [0.1, 0.15) is 0 Å². The summed E-state index contributed by atoms with van der Waals surface area (Å²) in [5.41, 5.74) is 0.708. The van der Waals surface area contributed by atoms with Crippen LogP contribution in [0.1, 0.15) is 24.8 Å². The number of carboxylic acid groups (broad SMARTS) is 1. The molecule has 2 N–H and O–H groups in total. The summed E-state index contributed by atoms with van der Waals surface area (Å²) in [6.45, 7) is 0.404. The van der Waals surface area contributed by atoms with E-state index in [4.69, 9.17) is 28.3 Å². The van der Waals surface area contributed by atoms with Gasteiger partial charge in [-0.2, -0.15) is 0 Å². The minimum atomic E-state index is -0.771. The minimum absolute atomic E-state index is 0.0205. The number of nitrogens with one attached hydrogen (secondary N) is 1. The van der Waals surface area contributed by atoms with Gasteiger partial charge < -0.3 is 10.4 Å². The van der Waals surface area contributed by atoms with Crippen LogP contribution in [0.4, 0.5) is 0 Å². The van der Waals surface area contributed by atoms with E-state index >= 15 is 0 Å². The van der Waals surface area contributed by atoms with Crippen LogP contribution < -0.4 is 5.32 Å². The third-order valence-corrected chi connectivity index (χ3v) is 4.49. The highest BCUT2D eigenvalue weighted by Crippen LogP contribution is 2.31. The maximum absolute atomic E-state index is 11.9. The van der Waals surface area contributed by atoms with Crippen molar-refractivity contribution in [2.45, 2.75) is 25.7 Å². The molecular formula is C15H17Cl2NO3. The summed E-state index contributed by atoms with van der Waals surface area (Å²) in [6, 6.07) is 5.01. The summed E-state index contributed by atoms with van der Waals surface area (Å²) >= 11 is 11.8. The minimum Gasteiger partial charge on any atom is -0.481 e. The molecule has 6 heteroatoms. The first-order valence-corrected chi connectivity index (χ1v) is 7.66. The number of hydrogen-bond acceptors (Lipinski definition) is 2. The summed E-state index contributed by atoms with van der Waals surface area (Å²) in [4.78, 5) is 23.0. The van der Waals surface area contributed by atoms with Gasteiger partial charge in [0.15, 0.2) is 0 Å². The zero-order valence-corrected chi connectivity index (χ0v) is 13.0. The van der Waals surface area contributed by atoms with Crippen LogP contribution in [0.15, 0.2) is 18.2 Å². The Balaban J connectivity index is 1.86. The van der Waals surface area contributed by atoms with Crippen molar-refractivity contribution in [1.29, 1.82) is 0 Å². The second-order valence-electron chi connectivity index (χ2n) is 5.35. The fourth-order valence-electron chi connectivity index (χ4n) is 2.75. The molecule has 4 nitrogen and oxygen atoms in total. The Morgan fingerprint density at radius 3 is 2.71 bits per heavy atom. The molecular weight excluding hydrogens is 313 g/mol. The van der Waals surface area contributed by atoms with Crippen LogP contribution in [-0.4, -0.2) is 23.5 Å². The molecule has 1 aliphatic rings. The lowest BCUT2D eigenvalue weighted by Crippen LogP contribution is -2.33. The number of benzene rings is 1. The molecule has 0 radical (unpaired) electrons. The first kappa shape index (κ1) is 16.1. The second-order valence-corrected chi connectivity index (χ2v) is 6.20. The molecule has 2 unspecified atom stereocenters. The molecule has 1 aromatic rings. The molecule has 2 atom stereocenters. The van der Waals surface area contributed by atoms with Crippen molar-refractivity contribution in [1.82, 2.24) is 5.32 Å². The molecule has 114 valence electrons. The van der Waals surface area contributed by atoms with Crippen LogP contribution in [0, 0.1) is 11.8 Å². The fourth-order valence-corrected chi connectivity index (χ4v) is 3.23. The van der Waals surface area contributed by atoms with Gasteiger partial charge in [0.05, 0.1) is 12.3 Å². The maximum Gasteiger partial charge on any atom is 0.306 e. The molecule has 0 spiro atoms. The Morgan fingerprint density at radius 2 is 2.05 bits per heavy atom. The maximum atomic E-state index is 11.9. The number of amides is 1. The third kappa shape index (κ3) is 4.35. The van der Waals surface area contributed by atoms with Crippen LogP contribution in [0.25, 0.3) is 0 Å². The van der Waals surface area contributed by atoms with Crippen LogP contribution in [-0.2, 0) is 16.0 Å². The van der Waals surface area contributed by atoms with E-state index in [1.807, 2.05) is 0 Å². The van der Waals surface area contributed by atoms with E-state index in [9.17, 15) is 9.59 Å². The number of aliphatic carboxylic acids is 1. The lowest BCUT2D eigenvalue weighted by molar-refractivity contribution is -0.143. The van der Waals surface area contributed by atoms with Crippen molar-refractivity contribution in [3.05, 3.63) is 33.8 Å². The molecule has 1 fully saturated rings. The van der Waals surface area contributed by atoms with Gasteiger partial charge in [-0.15, -0.1) is 0 Å². The van der Waals surface area contributed by atoms with E-state index in [1.54, 1.807) is 18.2 Å². The van der Waals surface area contributed by atoms with Gasteiger partial charge >= 0.3 is 5.97 Å². The monoisotopic (exact) mass is 329 g/mol. The molecule has 0 aromatic heterocycles. The lowest BCUT2D eigenvalue weighted by Gasteiger charge is -2.16. The van der Waals surface area contributed by atoms with Gasteiger partial charge in [0.25, 0.3) is 0 Å². The van der Waals surface area contributed by atoms with E-state index < -0.39 is 5.97 Å². The second kappa shape index (κ2) is 7.14. The number of halogens is 2. The van der Waals surface area contributed by atoms with Crippen molar-refractivity contribution in [2.24, 2.45) is 11.8 Å². The highest BCUT2D eigenvalue weighted by atomic mass is 35.5. The van der Waals surface area contributed by atoms with E-state index in [2.05, 4.69) is 5.32 Å². The number of hydrogen-bond donors (Lipinski definition) is 2. The smallest absolute Gasteiger partial charge is 0.306 e. The SMILES string of the molecule is O=C(Cc1ccc(Cl)cc1Cl)NCC1CCCC1C(=O)O. The normalized spacial score (nSPS) is 21.2. The van der Waals surface area contributed by atoms with Gasteiger partial charge in [-0.3, -0.25) is 9.59 Å². The van der Waals surface area contributed by atoms with Crippen molar-refractivity contribution < 1.29 is 14.7 Å². The fraction of sp³-hybridized carbons (Fsp3) is 0.467. The number of carbonyl (C=O) groups is 2. The average molecular weight is 330 g/mol. The van der Waals surface area contributed by atoms with Crippen LogP contribution in [0.3, 0.4) is 0 Å². The highest BCUT2D eigenvalue weighted by molar-refractivity contribution is 6.35. The van der Waals surface area contributed by atoms with Crippen molar-refractivity contribution in [2.75, 3.05) is 6.54 Å². The van der Waals surface area contributed by atoms with E-state index in [1.165, 1.54) is 0 Å². The van der Waals surface area contributed by atoms with Crippen LogP contribution >= 0.6 is 23.2 Å². The van der Waals surface area contributed by atoms with Crippen LogP contribution in [0.2, 0.25) is 10.0 Å². The van der Waals surface area contributed by atoms with Gasteiger partial charge in [-0.1, -0.05) is 35.7 Å². The summed E-state index contributed by atoms with van der Waals surface area (Å²) in [5, 5.41) is 12.9. The molecule has 0 aliphatic heterocycles. The molecule has 1 amide bonds. The van der Waals surface area contributed by atoms with E-state index in [0.717, 1.165) is 12.8 Å². The Kier molecular flexibility index (Phi) is 5.48. The first-order chi connectivity index (χ1) is 9.97. The Bertz CT molecular complexity index is 548. The van der Waals surface area contributed by atoms with Crippen molar-refractivity contribution >= 4 is 35.1 Å². The molecule has 1 aliphatic carbocycles. The molecule has 1 saturated carbocycles. The Labute approximate surface area is 133 Å². The standard InChI is InChI=1S/C15H17Cl2NO3/c16-11-5-4-9(13(17)7-11)6-14(19)18-8-10-2-1-3-12(10)15(20)21/h4-5,7,10,12H,1-3,6,8H2,(H,18,19)(H,20,21). The third-order valence-electron chi connectivity index (χ3n) is 3.90. The van der Waals surface area contributed by atoms with E-state index in [-0.39, 0.29) is 24.2 Å². The van der Waals surface area contributed by atoms with Crippen molar-refractivity contribution in [3.8, 4) is 0 Å². The largest absolute Gasteiger partial charge is 0.481 e. The lowest BCUT2D eigenvalue weighted by atomic mass is 9.96. The molecule has 0 saturated heterocycles. The zero-order chi connectivity index (χ0) is 15.4. The summed E-state index contributed by atoms with van der Waals surface area (Å²) in [7, 11) is 0. The van der Waals surface area contributed by atoms with Gasteiger partial charge in [-0.05, 0) is 36.5 Å². The average Bonchev–Trinajstić information content (AvgIpc) is 2.88. The summed E-state index contributed by atoms with van der Waals surface area (Å²) in [5.74, 6) is -1.25. The molecule has 0 heterocycles. The van der Waals surface area contributed by atoms with Crippen molar-refractivity contribution in [3.63, 3.8) is 0 Å². The number of rotatable bonds is 5. The van der Waals surface area contributed by atoms with Gasteiger partial charge in [-0.25, -0.2) is 0 Å². The molecule has 0 bridgehead atoms. The summed E-state index contributed by atoms with van der Waals surface area (Å²) in [6.07, 6.45) is 2.61. The highest BCUT2D eigenvalue weighted by Gasteiger charge is 2.32. The molecule has 21 heavy (non-hydrogen) atoms. The summed E-state index contributed by atoms with van der Waals surface area (Å²) < 4.78 is 0.